The normalized spacial score (nSPS) is 27.9. The van der Waals surface area contributed by atoms with Crippen molar-refractivity contribution in [3.63, 3.8) is 0 Å². The van der Waals surface area contributed by atoms with Gasteiger partial charge in [-0.3, -0.25) is 9.69 Å². The highest BCUT2D eigenvalue weighted by atomic mass is 32.1. The molecule has 2 aromatic rings. The van der Waals surface area contributed by atoms with E-state index in [0.29, 0.717) is 24.4 Å². The second-order valence-electron chi connectivity index (χ2n) is 6.50. The summed E-state index contributed by atoms with van der Waals surface area (Å²) in [5.41, 5.74) is 0.825. The first kappa shape index (κ1) is 14.9. The average Bonchev–Trinajstić information content (AvgIpc) is 3.26. The van der Waals surface area contributed by atoms with Crippen molar-refractivity contribution in [2.75, 3.05) is 0 Å². The summed E-state index contributed by atoms with van der Waals surface area (Å²) in [5, 5.41) is 11.6. The molecule has 0 bridgehead atoms. The number of aliphatic carboxylic acids is 1. The van der Waals surface area contributed by atoms with Crippen molar-refractivity contribution in [2.24, 2.45) is 5.92 Å². The van der Waals surface area contributed by atoms with Crippen LogP contribution >= 0.6 is 11.3 Å². The van der Waals surface area contributed by atoms with E-state index >= 15 is 0 Å². The van der Waals surface area contributed by atoms with Crippen LogP contribution in [0.2, 0.25) is 0 Å². The molecule has 0 radical (unpaired) electrons. The maximum atomic E-state index is 11.7. The predicted octanol–water partition coefficient (Wildman–Crippen LogP) is 3.62. The van der Waals surface area contributed by atoms with Gasteiger partial charge in [0, 0.05) is 12.6 Å². The van der Waals surface area contributed by atoms with E-state index in [1.165, 1.54) is 12.8 Å². The molecule has 1 N–H and O–H groups in total. The number of carbonyl (C=O) groups is 1. The van der Waals surface area contributed by atoms with Crippen LogP contribution < -0.4 is 0 Å². The van der Waals surface area contributed by atoms with E-state index in [0.717, 1.165) is 29.8 Å². The number of rotatable bonds is 4. The molecule has 1 aliphatic heterocycles. The molecule has 0 unspecified atom stereocenters. The number of oxazole rings is 1. The molecule has 2 aromatic heterocycles. The third-order valence-corrected chi connectivity index (χ3v) is 5.99. The quantitative estimate of drug-likeness (QED) is 0.926. The molecular formula is C17H20N2O3S. The maximum absolute atomic E-state index is 11.7. The first-order valence-electron chi connectivity index (χ1n) is 8.19. The highest BCUT2D eigenvalue weighted by Crippen LogP contribution is 2.40. The van der Waals surface area contributed by atoms with Crippen LogP contribution in [0.4, 0.5) is 0 Å². The van der Waals surface area contributed by atoms with Gasteiger partial charge in [-0.15, -0.1) is 11.3 Å². The molecule has 0 aromatic carbocycles. The number of likely N-dealkylation sites (tertiary alicyclic amines) is 1. The minimum Gasteiger partial charge on any atom is -0.480 e. The largest absolute Gasteiger partial charge is 0.480 e. The van der Waals surface area contributed by atoms with Gasteiger partial charge in [0.05, 0.1) is 10.6 Å². The van der Waals surface area contributed by atoms with Crippen molar-refractivity contribution in [1.82, 2.24) is 9.88 Å². The Morgan fingerprint density at radius 3 is 3.09 bits per heavy atom. The summed E-state index contributed by atoms with van der Waals surface area (Å²) in [6.45, 7) is 0.563. The van der Waals surface area contributed by atoms with Crippen LogP contribution in [0, 0.1) is 5.92 Å². The molecular weight excluding hydrogens is 312 g/mol. The van der Waals surface area contributed by atoms with E-state index in [1.807, 2.05) is 17.5 Å². The summed E-state index contributed by atoms with van der Waals surface area (Å²) in [7, 11) is 0. The second-order valence-corrected chi connectivity index (χ2v) is 7.44. The van der Waals surface area contributed by atoms with Gasteiger partial charge in [0.2, 0.25) is 5.89 Å². The molecule has 3 atom stereocenters. The molecule has 23 heavy (non-hydrogen) atoms. The SMILES string of the molecule is O=C(O)[C@@H]1C[C@H]2CCCC[C@H]2N1Cc1coc(-c2cccs2)n1. The van der Waals surface area contributed by atoms with Gasteiger partial charge in [-0.25, -0.2) is 4.98 Å². The molecule has 0 amide bonds. The van der Waals surface area contributed by atoms with E-state index in [-0.39, 0.29) is 6.04 Å². The molecule has 4 rings (SSSR count). The summed E-state index contributed by atoms with van der Waals surface area (Å²) in [6.07, 6.45) is 7.13. The molecule has 3 heterocycles. The minimum absolute atomic E-state index is 0.381. The minimum atomic E-state index is -0.707. The maximum Gasteiger partial charge on any atom is 0.320 e. The third kappa shape index (κ3) is 2.81. The van der Waals surface area contributed by atoms with Gasteiger partial charge in [0.25, 0.3) is 0 Å². The first-order chi connectivity index (χ1) is 11.2. The number of aromatic nitrogens is 1. The first-order valence-corrected chi connectivity index (χ1v) is 9.07. The molecule has 1 saturated carbocycles. The summed E-state index contributed by atoms with van der Waals surface area (Å²) < 4.78 is 5.58. The smallest absolute Gasteiger partial charge is 0.320 e. The van der Waals surface area contributed by atoms with Crippen molar-refractivity contribution in [3.05, 3.63) is 29.5 Å². The second kappa shape index (κ2) is 6.09. The van der Waals surface area contributed by atoms with E-state index in [2.05, 4.69) is 9.88 Å². The van der Waals surface area contributed by atoms with Crippen molar-refractivity contribution in [3.8, 4) is 10.8 Å². The Hall–Kier alpha value is -1.66. The van der Waals surface area contributed by atoms with Crippen LogP contribution in [0.1, 0.15) is 37.8 Å². The number of thiophene rings is 1. The summed E-state index contributed by atoms with van der Waals surface area (Å²) in [5.74, 6) is 0.441. The average molecular weight is 332 g/mol. The van der Waals surface area contributed by atoms with E-state index < -0.39 is 5.97 Å². The summed E-state index contributed by atoms with van der Waals surface area (Å²) >= 11 is 1.59. The molecule has 1 aliphatic carbocycles. The fourth-order valence-corrected chi connectivity index (χ4v) is 4.76. The molecule has 1 saturated heterocycles. The molecule has 122 valence electrons. The topological polar surface area (TPSA) is 66.6 Å². The Morgan fingerprint density at radius 2 is 2.30 bits per heavy atom. The van der Waals surface area contributed by atoms with Crippen molar-refractivity contribution in [1.29, 1.82) is 0 Å². The number of carboxylic acids is 1. The zero-order valence-electron chi connectivity index (χ0n) is 12.9. The van der Waals surface area contributed by atoms with Crippen LogP contribution in [0.3, 0.4) is 0 Å². The lowest BCUT2D eigenvalue weighted by Gasteiger charge is -2.32. The molecule has 5 nitrogen and oxygen atoms in total. The van der Waals surface area contributed by atoms with E-state index in [4.69, 9.17) is 4.42 Å². The molecule has 2 aliphatic rings. The van der Waals surface area contributed by atoms with Crippen molar-refractivity contribution >= 4 is 17.3 Å². The van der Waals surface area contributed by atoms with Gasteiger partial charge in [-0.2, -0.15) is 0 Å². The zero-order valence-corrected chi connectivity index (χ0v) is 13.7. The van der Waals surface area contributed by atoms with Crippen LogP contribution in [0.5, 0.6) is 0 Å². The van der Waals surface area contributed by atoms with Gasteiger partial charge < -0.3 is 9.52 Å². The lowest BCUT2D eigenvalue weighted by atomic mass is 9.85. The van der Waals surface area contributed by atoms with Gasteiger partial charge >= 0.3 is 5.97 Å². The van der Waals surface area contributed by atoms with Crippen molar-refractivity contribution < 1.29 is 14.3 Å². The van der Waals surface area contributed by atoms with E-state index in [9.17, 15) is 9.90 Å². The highest BCUT2D eigenvalue weighted by Gasteiger charge is 2.45. The Bertz CT molecular complexity index is 682. The fraction of sp³-hybridized carbons (Fsp3) is 0.529. The van der Waals surface area contributed by atoms with Gasteiger partial charge in [-0.05, 0) is 36.6 Å². The Morgan fingerprint density at radius 1 is 1.43 bits per heavy atom. The number of carboxylic acid groups (broad SMARTS) is 1. The Balaban J connectivity index is 1.55. The highest BCUT2D eigenvalue weighted by molar-refractivity contribution is 7.13. The van der Waals surface area contributed by atoms with Crippen molar-refractivity contribution in [2.45, 2.75) is 50.7 Å². The van der Waals surface area contributed by atoms with Gasteiger partial charge in [0.15, 0.2) is 0 Å². The van der Waals surface area contributed by atoms with Crippen LogP contribution in [0.15, 0.2) is 28.2 Å². The number of nitrogens with zero attached hydrogens (tertiary/aromatic N) is 2. The number of fused-ring (bicyclic) bond motifs is 1. The lowest BCUT2D eigenvalue weighted by Crippen LogP contribution is -2.41. The number of hydrogen-bond donors (Lipinski definition) is 1. The molecule has 6 heteroatoms. The standard InChI is InChI=1S/C17H20N2O3S/c20-17(21)14-8-11-4-1-2-5-13(11)19(14)9-12-10-22-16(18-12)15-6-3-7-23-15/h3,6-7,10-11,13-14H,1-2,4-5,8-9H2,(H,20,21)/t11-,13-,14+/m1/s1. The predicted molar refractivity (Wildman–Crippen MR) is 87.1 cm³/mol. The van der Waals surface area contributed by atoms with Crippen LogP contribution in [0.25, 0.3) is 10.8 Å². The summed E-state index contributed by atoms with van der Waals surface area (Å²) in [4.78, 5) is 19.4. The van der Waals surface area contributed by atoms with E-state index in [1.54, 1.807) is 17.6 Å². The Labute approximate surface area is 138 Å². The lowest BCUT2D eigenvalue weighted by molar-refractivity contribution is -0.142. The van der Waals surface area contributed by atoms with Crippen LogP contribution in [-0.2, 0) is 11.3 Å². The van der Waals surface area contributed by atoms with Crippen LogP contribution in [-0.4, -0.2) is 33.0 Å². The zero-order chi connectivity index (χ0) is 15.8. The van der Waals surface area contributed by atoms with Gasteiger partial charge in [0.1, 0.15) is 12.3 Å². The van der Waals surface area contributed by atoms with Gasteiger partial charge in [-0.1, -0.05) is 18.9 Å². The number of hydrogen-bond acceptors (Lipinski definition) is 5. The fourth-order valence-electron chi connectivity index (χ4n) is 4.10. The summed E-state index contributed by atoms with van der Waals surface area (Å²) in [6, 6.07) is 3.95. The molecule has 2 fully saturated rings. The molecule has 0 spiro atoms. The monoisotopic (exact) mass is 332 g/mol. The Kier molecular flexibility index (Phi) is 3.95. The third-order valence-electron chi connectivity index (χ3n) is 5.13.